The van der Waals surface area contributed by atoms with Crippen LogP contribution >= 0.6 is 22.6 Å². The van der Waals surface area contributed by atoms with Gasteiger partial charge in [-0.3, -0.25) is 0 Å². The van der Waals surface area contributed by atoms with Crippen molar-refractivity contribution >= 4 is 28.3 Å². The fourth-order valence-electron chi connectivity index (χ4n) is 1.39. The van der Waals surface area contributed by atoms with E-state index in [0.29, 0.717) is 22.7 Å². The molecule has 2 aromatic carbocycles. The molecule has 0 spiro atoms. The molecule has 0 aliphatic rings. The highest BCUT2D eigenvalue weighted by Crippen LogP contribution is 2.29. The zero-order valence-corrected chi connectivity index (χ0v) is 11.4. The van der Waals surface area contributed by atoms with E-state index < -0.39 is 0 Å². The number of ether oxygens (including phenoxy) is 1. The van der Waals surface area contributed by atoms with Crippen LogP contribution < -0.4 is 10.5 Å². The van der Waals surface area contributed by atoms with Gasteiger partial charge in [0.2, 0.25) is 0 Å². The van der Waals surface area contributed by atoms with Crippen molar-refractivity contribution in [3.05, 3.63) is 51.3 Å². The van der Waals surface area contributed by atoms with Crippen LogP contribution in [0.1, 0.15) is 5.56 Å². The van der Waals surface area contributed by atoms with Crippen molar-refractivity contribution in [1.82, 2.24) is 0 Å². The Labute approximate surface area is 113 Å². The minimum absolute atomic E-state index is 0.298. The van der Waals surface area contributed by atoms with E-state index in [-0.39, 0.29) is 5.82 Å². The minimum atomic E-state index is -0.322. The van der Waals surface area contributed by atoms with Gasteiger partial charge in [-0.15, -0.1) is 0 Å². The molecule has 0 amide bonds. The molecule has 88 valence electrons. The van der Waals surface area contributed by atoms with Crippen molar-refractivity contribution in [2.75, 3.05) is 5.73 Å². The number of nitrogen functional groups attached to an aromatic ring is 1. The molecule has 2 aromatic rings. The normalized spacial score (nSPS) is 10.3. The monoisotopic (exact) mass is 343 g/mol. The molecule has 0 saturated carbocycles. The largest absolute Gasteiger partial charge is 0.455 e. The first-order valence-corrected chi connectivity index (χ1v) is 6.13. The molecule has 0 aliphatic heterocycles. The summed E-state index contributed by atoms with van der Waals surface area (Å²) in [4.78, 5) is 0. The Bertz CT molecular complexity index is 540. The van der Waals surface area contributed by atoms with Crippen LogP contribution in [0.2, 0.25) is 0 Å². The fraction of sp³-hybridized carbons (Fsp3) is 0.0769. The Morgan fingerprint density at radius 3 is 2.47 bits per heavy atom. The number of aryl methyl sites for hydroxylation is 1. The van der Waals surface area contributed by atoms with E-state index in [1.807, 2.05) is 24.3 Å². The molecule has 2 rings (SSSR count). The van der Waals surface area contributed by atoms with Gasteiger partial charge >= 0.3 is 0 Å². The maximum absolute atomic E-state index is 13.2. The predicted octanol–water partition coefficient (Wildman–Crippen LogP) is 4.11. The van der Waals surface area contributed by atoms with Crippen molar-refractivity contribution in [2.24, 2.45) is 0 Å². The third kappa shape index (κ3) is 2.88. The molecular weight excluding hydrogens is 332 g/mol. The summed E-state index contributed by atoms with van der Waals surface area (Å²) in [5.74, 6) is 0.839. The van der Waals surface area contributed by atoms with Gasteiger partial charge in [0, 0.05) is 9.64 Å². The molecule has 2 nitrogen and oxygen atoms in total. The highest BCUT2D eigenvalue weighted by molar-refractivity contribution is 14.1. The van der Waals surface area contributed by atoms with Crippen LogP contribution in [0.3, 0.4) is 0 Å². The van der Waals surface area contributed by atoms with Gasteiger partial charge < -0.3 is 10.5 Å². The van der Waals surface area contributed by atoms with Crippen molar-refractivity contribution in [2.45, 2.75) is 6.92 Å². The number of benzene rings is 2. The first-order valence-electron chi connectivity index (χ1n) is 5.05. The topological polar surface area (TPSA) is 35.2 Å². The highest BCUT2D eigenvalue weighted by Gasteiger charge is 2.06. The number of hydrogen-bond acceptors (Lipinski definition) is 2. The first-order chi connectivity index (χ1) is 8.06. The van der Waals surface area contributed by atoms with Crippen LogP contribution in [0, 0.1) is 16.3 Å². The Kier molecular flexibility index (Phi) is 3.51. The summed E-state index contributed by atoms with van der Waals surface area (Å²) in [7, 11) is 0. The summed E-state index contributed by atoms with van der Waals surface area (Å²) in [6, 6.07) is 10.4. The fourth-order valence-corrected chi connectivity index (χ4v) is 1.75. The van der Waals surface area contributed by atoms with Gasteiger partial charge in [-0.2, -0.15) is 0 Å². The van der Waals surface area contributed by atoms with E-state index >= 15 is 0 Å². The average molecular weight is 343 g/mol. The van der Waals surface area contributed by atoms with Crippen molar-refractivity contribution in [1.29, 1.82) is 0 Å². The summed E-state index contributed by atoms with van der Waals surface area (Å²) >= 11 is 2.21. The van der Waals surface area contributed by atoms with E-state index in [9.17, 15) is 4.39 Å². The molecule has 0 atom stereocenters. The van der Waals surface area contributed by atoms with Crippen LogP contribution in [0.15, 0.2) is 36.4 Å². The second-order valence-electron chi connectivity index (χ2n) is 3.70. The summed E-state index contributed by atoms with van der Waals surface area (Å²) < 4.78 is 19.9. The third-order valence-corrected chi connectivity index (χ3v) is 3.05. The molecule has 4 heteroatoms. The first kappa shape index (κ1) is 12.2. The number of nitrogens with two attached hydrogens (primary N) is 1. The number of hydrogen-bond donors (Lipinski definition) is 1. The summed E-state index contributed by atoms with van der Waals surface area (Å²) in [6.45, 7) is 1.68. The van der Waals surface area contributed by atoms with Crippen molar-refractivity contribution < 1.29 is 9.13 Å². The van der Waals surface area contributed by atoms with Crippen LogP contribution in [-0.4, -0.2) is 0 Å². The van der Waals surface area contributed by atoms with Gasteiger partial charge in [0.05, 0.1) is 5.69 Å². The molecule has 0 heterocycles. The van der Waals surface area contributed by atoms with Crippen LogP contribution in [0.25, 0.3) is 0 Å². The quantitative estimate of drug-likeness (QED) is 0.658. The number of anilines is 1. The minimum Gasteiger partial charge on any atom is -0.455 e. The van der Waals surface area contributed by atoms with Crippen LogP contribution in [0.4, 0.5) is 10.1 Å². The van der Waals surface area contributed by atoms with Gasteiger partial charge in [0.1, 0.15) is 11.6 Å². The molecule has 0 fully saturated rings. The molecule has 0 saturated heterocycles. The van der Waals surface area contributed by atoms with Gasteiger partial charge in [-0.1, -0.05) is 0 Å². The van der Waals surface area contributed by atoms with E-state index in [0.717, 1.165) is 3.57 Å². The number of halogens is 2. The molecular formula is C13H11FINO. The lowest BCUT2D eigenvalue weighted by Gasteiger charge is -2.10. The molecule has 0 bridgehead atoms. The zero-order chi connectivity index (χ0) is 12.4. The average Bonchev–Trinajstić information content (AvgIpc) is 2.29. The SMILES string of the molecule is Cc1cc(Oc2ccc(I)cc2)c(N)cc1F. The Balaban J connectivity index is 2.30. The molecule has 2 N–H and O–H groups in total. The molecule has 0 radical (unpaired) electrons. The molecule has 0 unspecified atom stereocenters. The van der Waals surface area contributed by atoms with E-state index in [1.54, 1.807) is 13.0 Å². The third-order valence-electron chi connectivity index (χ3n) is 2.33. The lowest BCUT2D eigenvalue weighted by molar-refractivity contribution is 0.482. The molecule has 0 aromatic heterocycles. The number of rotatable bonds is 2. The highest BCUT2D eigenvalue weighted by atomic mass is 127. The maximum Gasteiger partial charge on any atom is 0.150 e. The Hall–Kier alpha value is -1.30. The Morgan fingerprint density at radius 2 is 1.82 bits per heavy atom. The van der Waals surface area contributed by atoms with Gasteiger partial charge in [-0.05, 0) is 65.4 Å². The smallest absolute Gasteiger partial charge is 0.150 e. The van der Waals surface area contributed by atoms with Gasteiger partial charge in [-0.25, -0.2) is 4.39 Å². The molecule has 17 heavy (non-hydrogen) atoms. The Morgan fingerprint density at radius 1 is 1.18 bits per heavy atom. The van der Waals surface area contributed by atoms with E-state index in [2.05, 4.69) is 22.6 Å². The van der Waals surface area contributed by atoms with Crippen molar-refractivity contribution in [3.8, 4) is 11.5 Å². The van der Waals surface area contributed by atoms with Gasteiger partial charge in [0.15, 0.2) is 5.75 Å². The van der Waals surface area contributed by atoms with Gasteiger partial charge in [0.25, 0.3) is 0 Å². The zero-order valence-electron chi connectivity index (χ0n) is 9.21. The summed E-state index contributed by atoms with van der Waals surface area (Å²) in [5.41, 5.74) is 6.51. The lowest BCUT2D eigenvalue weighted by atomic mass is 10.2. The summed E-state index contributed by atoms with van der Waals surface area (Å²) in [5, 5.41) is 0. The second kappa shape index (κ2) is 4.91. The van der Waals surface area contributed by atoms with Crippen LogP contribution in [-0.2, 0) is 0 Å². The second-order valence-corrected chi connectivity index (χ2v) is 4.94. The summed E-state index contributed by atoms with van der Waals surface area (Å²) in [6.07, 6.45) is 0. The predicted molar refractivity (Wildman–Crippen MR) is 74.8 cm³/mol. The lowest BCUT2D eigenvalue weighted by Crippen LogP contribution is -1.95. The van der Waals surface area contributed by atoms with Crippen LogP contribution in [0.5, 0.6) is 11.5 Å². The van der Waals surface area contributed by atoms with E-state index in [4.69, 9.17) is 10.5 Å². The molecule has 0 aliphatic carbocycles. The maximum atomic E-state index is 13.2. The standard InChI is InChI=1S/C13H11FINO/c1-8-6-13(12(16)7-11(8)14)17-10-4-2-9(15)3-5-10/h2-7H,16H2,1H3. The van der Waals surface area contributed by atoms with Crippen molar-refractivity contribution in [3.63, 3.8) is 0 Å². The van der Waals surface area contributed by atoms with E-state index in [1.165, 1.54) is 6.07 Å².